The second kappa shape index (κ2) is 4.88. The van der Waals surface area contributed by atoms with Crippen molar-refractivity contribution in [3.8, 4) is 0 Å². The van der Waals surface area contributed by atoms with Gasteiger partial charge in [0.15, 0.2) is 0 Å². The first-order valence-electron chi connectivity index (χ1n) is 4.92. The van der Waals surface area contributed by atoms with Gasteiger partial charge >= 0.3 is 0 Å². The van der Waals surface area contributed by atoms with Crippen molar-refractivity contribution in [2.24, 2.45) is 0 Å². The molecule has 2 rings (SSSR count). The molecular weight excluding hydrogens is 240 g/mol. The molecule has 1 aromatic heterocycles. The van der Waals surface area contributed by atoms with Crippen LogP contribution in [0.3, 0.4) is 0 Å². The summed E-state index contributed by atoms with van der Waals surface area (Å²) in [5, 5.41) is 14.5. The molecule has 1 N–H and O–H groups in total. The van der Waals surface area contributed by atoms with Gasteiger partial charge in [-0.1, -0.05) is 12.1 Å². The lowest BCUT2D eigenvalue weighted by atomic mass is 10.1. The van der Waals surface area contributed by atoms with Gasteiger partial charge in [0.25, 0.3) is 5.69 Å². The number of aromatic nitrogens is 2. The summed E-state index contributed by atoms with van der Waals surface area (Å²) in [7, 11) is 0. The number of nitrogens with one attached hydrogen (secondary N) is 1. The van der Waals surface area contributed by atoms with Gasteiger partial charge in [0.05, 0.1) is 4.92 Å². The lowest BCUT2D eigenvalue weighted by Gasteiger charge is -2.06. The monoisotopic (exact) mass is 250 g/mol. The summed E-state index contributed by atoms with van der Waals surface area (Å²) in [6, 6.07) is 5.04. The Hall–Kier alpha value is -2.02. The number of nitro groups is 1. The molecule has 0 aliphatic rings. The van der Waals surface area contributed by atoms with Gasteiger partial charge in [-0.25, -0.2) is 4.98 Å². The van der Waals surface area contributed by atoms with E-state index in [2.05, 4.69) is 14.7 Å². The third-order valence-corrected chi connectivity index (χ3v) is 3.03. The standard InChI is InChI=1S/C10H10N4O2S/c1-7-8(3-2-4-9(7)14(15)16)5-11-10-12-6-13-17-10/h2-4,6H,5H2,1H3,(H,11,12,13). The average molecular weight is 250 g/mol. The SMILES string of the molecule is Cc1c(CNc2ncns2)cccc1[N+](=O)[O-]. The van der Waals surface area contributed by atoms with Gasteiger partial charge in [0.1, 0.15) is 6.33 Å². The van der Waals surface area contributed by atoms with Crippen molar-refractivity contribution in [2.75, 3.05) is 5.32 Å². The zero-order valence-electron chi connectivity index (χ0n) is 9.08. The number of nitro benzene ring substituents is 1. The fourth-order valence-corrected chi connectivity index (χ4v) is 1.91. The molecule has 6 nitrogen and oxygen atoms in total. The highest BCUT2D eigenvalue weighted by molar-refractivity contribution is 7.09. The van der Waals surface area contributed by atoms with E-state index in [1.807, 2.05) is 6.07 Å². The predicted octanol–water partition coefficient (Wildman–Crippen LogP) is 2.37. The van der Waals surface area contributed by atoms with Crippen LogP contribution in [-0.4, -0.2) is 14.3 Å². The summed E-state index contributed by atoms with van der Waals surface area (Å²) in [4.78, 5) is 14.4. The molecule has 0 atom stereocenters. The summed E-state index contributed by atoms with van der Waals surface area (Å²) in [6.45, 7) is 2.25. The van der Waals surface area contributed by atoms with Crippen molar-refractivity contribution in [1.82, 2.24) is 9.36 Å². The number of hydrogen-bond donors (Lipinski definition) is 1. The predicted molar refractivity (Wildman–Crippen MR) is 65.1 cm³/mol. The molecule has 1 heterocycles. The van der Waals surface area contributed by atoms with Crippen LogP contribution in [0.4, 0.5) is 10.8 Å². The number of hydrogen-bond acceptors (Lipinski definition) is 6. The molecule has 7 heteroatoms. The Kier molecular flexibility index (Phi) is 3.29. The van der Waals surface area contributed by atoms with Crippen molar-refractivity contribution in [1.29, 1.82) is 0 Å². The molecule has 0 aliphatic carbocycles. The van der Waals surface area contributed by atoms with Crippen LogP contribution < -0.4 is 5.32 Å². The molecule has 0 fully saturated rings. The molecular formula is C10H10N4O2S. The maximum absolute atomic E-state index is 10.8. The number of nitrogens with zero attached hydrogens (tertiary/aromatic N) is 3. The zero-order valence-corrected chi connectivity index (χ0v) is 9.90. The van der Waals surface area contributed by atoms with Crippen molar-refractivity contribution in [3.05, 3.63) is 45.8 Å². The number of anilines is 1. The Morgan fingerprint density at radius 2 is 2.35 bits per heavy atom. The molecule has 17 heavy (non-hydrogen) atoms. The molecule has 0 saturated carbocycles. The van der Waals surface area contributed by atoms with E-state index < -0.39 is 0 Å². The smallest absolute Gasteiger partial charge is 0.272 e. The lowest BCUT2D eigenvalue weighted by Crippen LogP contribution is -2.02. The van der Waals surface area contributed by atoms with Gasteiger partial charge in [-0.05, 0) is 12.5 Å². The van der Waals surface area contributed by atoms with E-state index in [9.17, 15) is 10.1 Å². The summed E-state index contributed by atoms with van der Waals surface area (Å²) in [5.74, 6) is 0. The van der Waals surface area contributed by atoms with Crippen molar-refractivity contribution in [3.63, 3.8) is 0 Å². The molecule has 88 valence electrons. The van der Waals surface area contributed by atoms with Gasteiger partial charge < -0.3 is 5.32 Å². The summed E-state index contributed by atoms with van der Waals surface area (Å²) in [5.41, 5.74) is 1.70. The summed E-state index contributed by atoms with van der Waals surface area (Å²) < 4.78 is 3.86. The molecule has 0 amide bonds. The van der Waals surface area contributed by atoms with Crippen LogP contribution in [-0.2, 0) is 6.54 Å². The maximum Gasteiger partial charge on any atom is 0.272 e. The van der Waals surface area contributed by atoms with E-state index in [1.54, 1.807) is 13.0 Å². The molecule has 0 spiro atoms. The Labute approximate surface area is 102 Å². The van der Waals surface area contributed by atoms with E-state index in [4.69, 9.17) is 0 Å². The fourth-order valence-electron chi connectivity index (χ4n) is 1.48. The number of benzene rings is 1. The molecule has 0 radical (unpaired) electrons. The summed E-state index contributed by atoms with van der Waals surface area (Å²) in [6.07, 6.45) is 1.47. The maximum atomic E-state index is 10.8. The Morgan fingerprint density at radius 1 is 1.53 bits per heavy atom. The highest BCUT2D eigenvalue weighted by Gasteiger charge is 2.12. The normalized spacial score (nSPS) is 10.2. The van der Waals surface area contributed by atoms with E-state index in [0.717, 1.165) is 5.56 Å². The van der Waals surface area contributed by atoms with Gasteiger partial charge in [0.2, 0.25) is 5.13 Å². The second-order valence-electron chi connectivity index (χ2n) is 3.42. The van der Waals surface area contributed by atoms with Crippen LogP contribution in [0, 0.1) is 17.0 Å². The van der Waals surface area contributed by atoms with Crippen LogP contribution in [0.1, 0.15) is 11.1 Å². The van der Waals surface area contributed by atoms with Crippen LogP contribution in [0.5, 0.6) is 0 Å². The molecule has 0 saturated heterocycles. The minimum atomic E-state index is -0.371. The highest BCUT2D eigenvalue weighted by atomic mass is 32.1. The molecule has 0 bridgehead atoms. The third-order valence-electron chi connectivity index (χ3n) is 2.41. The third kappa shape index (κ3) is 2.56. The first-order valence-corrected chi connectivity index (χ1v) is 5.69. The van der Waals surface area contributed by atoms with Crippen molar-refractivity contribution < 1.29 is 4.92 Å². The fraction of sp³-hybridized carbons (Fsp3) is 0.200. The van der Waals surface area contributed by atoms with E-state index in [1.165, 1.54) is 23.9 Å². The van der Waals surface area contributed by atoms with Crippen LogP contribution in [0.25, 0.3) is 0 Å². The zero-order chi connectivity index (χ0) is 12.3. The average Bonchev–Trinajstić information content (AvgIpc) is 2.80. The highest BCUT2D eigenvalue weighted by Crippen LogP contribution is 2.21. The van der Waals surface area contributed by atoms with Crippen molar-refractivity contribution in [2.45, 2.75) is 13.5 Å². The van der Waals surface area contributed by atoms with Gasteiger partial charge in [0, 0.05) is 29.7 Å². The Morgan fingerprint density at radius 3 is 3.00 bits per heavy atom. The molecule has 0 unspecified atom stereocenters. The molecule has 1 aromatic carbocycles. The molecule has 2 aromatic rings. The lowest BCUT2D eigenvalue weighted by molar-refractivity contribution is -0.385. The Balaban J connectivity index is 2.16. The largest absolute Gasteiger partial charge is 0.356 e. The number of rotatable bonds is 4. The Bertz CT molecular complexity index is 527. The van der Waals surface area contributed by atoms with Gasteiger partial charge in [-0.15, -0.1) is 0 Å². The summed E-state index contributed by atoms with van der Waals surface area (Å²) >= 11 is 1.25. The molecule has 0 aliphatic heterocycles. The quantitative estimate of drug-likeness (QED) is 0.665. The first kappa shape index (κ1) is 11.5. The topological polar surface area (TPSA) is 81.0 Å². The first-order chi connectivity index (χ1) is 8.18. The minimum absolute atomic E-state index is 0.140. The second-order valence-corrected chi connectivity index (χ2v) is 4.20. The van der Waals surface area contributed by atoms with Crippen molar-refractivity contribution >= 4 is 22.4 Å². The van der Waals surface area contributed by atoms with Crippen LogP contribution in [0.15, 0.2) is 24.5 Å². The van der Waals surface area contributed by atoms with Crippen LogP contribution in [0.2, 0.25) is 0 Å². The van der Waals surface area contributed by atoms with Gasteiger partial charge in [-0.2, -0.15) is 4.37 Å². The van der Waals surface area contributed by atoms with Crippen LogP contribution >= 0.6 is 11.5 Å². The minimum Gasteiger partial charge on any atom is -0.356 e. The van der Waals surface area contributed by atoms with E-state index >= 15 is 0 Å². The van der Waals surface area contributed by atoms with E-state index in [0.29, 0.717) is 17.2 Å². The van der Waals surface area contributed by atoms with Gasteiger partial charge in [-0.3, -0.25) is 10.1 Å². The van der Waals surface area contributed by atoms with E-state index in [-0.39, 0.29) is 10.6 Å².